The Morgan fingerprint density at radius 2 is 2.07 bits per heavy atom. The number of nitrogens with zero attached hydrogens (tertiary/aromatic N) is 4. The third kappa shape index (κ3) is 4.52. The average molecular weight is 381 g/mol. The first kappa shape index (κ1) is 18.1. The molecule has 8 heteroatoms. The molecule has 0 spiro atoms. The number of amides is 1. The Morgan fingerprint density at radius 3 is 2.82 bits per heavy atom. The Bertz CT molecular complexity index is 930. The highest BCUT2D eigenvalue weighted by Gasteiger charge is 2.25. The molecular formula is C20H20FN5O2. The number of nitrogens with one attached hydrogen (secondary N) is 1. The molecule has 1 aromatic heterocycles. The Hall–Kier alpha value is -3.26. The molecule has 1 aliphatic rings. The van der Waals surface area contributed by atoms with Crippen LogP contribution in [0.1, 0.15) is 12.5 Å². The number of hydrogen-bond donors (Lipinski definition) is 1. The number of halogens is 1. The SMILES string of the molecule is O=C(CN1CC[C@H](n2cncn2)C1)Nc1ccc(Oc2cccc(F)c2)cc1. The molecule has 1 saturated heterocycles. The number of ether oxygens (including phenoxy) is 1. The predicted octanol–water partition coefficient (Wildman–Crippen LogP) is 3.10. The molecule has 0 bridgehead atoms. The highest BCUT2D eigenvalue weighted by atomic mass is 19.1. The number of benzene rings is 2. The highest BCUT2D eigenvalue weighted by molar-refractivity contribution is 5.92. The number of likely N-dealkylation sites (tertiary alicyclic amines) is 1. The Balaban J connectivity index is 1.28. The Kier molecular flexibility index (Phi) is 5.29. The van der Waals surface area contributed by atoms with E-state index in [4.69, 9.17) is 4.74 Å². The molecule has 0 aliphatic carbocycles. The van der Waals surface area contributed by atoms with Gasteiger partial charge in [0, 0.05) is 24.8 Å². The molecule has 3 aromatic rings. The lowest BCUT2D eigenvalue weighted by atomic mass is 10.3. The van der Waals surface area contributed by atoms with E-state index in [-0.39, 0.29) is 17.8 Å². The Morgan fingerprint density at radius 1 is 1.21 bits per heavy atom. The topological polar surface area (TPSA) is 72.3 Å². The number of hydrogen-bond acceptors (Lipinski definition) is 5. The summed E-state index contributed by atoms with van der Waals surface area (Å²) in [5, 5.41) is 7.06. The molecule has 1 fully saturated rings. The fraction of sp³-hybridized carbons (Fsp3) is 0.250. The Labute approximate surface area is 161 Å². The van der Waals surface area contributed by atoms with E-state index in [0.717, 1.165) is 19.5 Å². The quantitative estimate of drug-likeness (QED) is 0.710. The smallest absolute Gasteiger partial charge is 0.238 e. The van der Waals surface area contributed by atoms with Gasteiger partial charge in [-0.1, -0.05) is 6.07 Å². The van der Waals surface area contributed by atoms with Crippen LogP contribution in [-0.2, 0) is 4.79 Å². The van der Waals surface area contributed by atoms with E-state index in [9.17, 15) is 9.18 Å². The van der Waals surface area contributed by atoms with Crippen molar-refractivity contribution in [3.05, 3.63) is 67.0 Å². The molecule has 144 valence electrons. The molecule has 7 nitrogen and oxygen atoms in total. The van der Waals surface area contributed by atoms with Gasteiger partial charge in [0.15, 0.2) is 0 Å². The van der Waals surface area contributed by atoms with E-state index < -0.39 is 0 Å². The first-order valence-electron chi connectivity index (χ1n) is 9.05. The number of rotatable bonds is 6. The van der Waals surface area contributed by atoms with Crippen molar-refractivity contribution in [2.45, 2.75) is 12.5 Å². The second-order valence-electron chi connectivity index (χ2n) is 6.69. The first-order valence-corrected chi connectivity index (χ1v) is 9.05. The van der Waals surface area contributed by atoms with E-state index >= 15 is 0 Å². The summed E-state index contributed by atoms with van der Waals surface area (Å²) in [5.41, 5.74) is 0.684. The maximum atomic E-state index is 13.2. The third-order valence-electron chi connectivity index (χ3n) is 4.60. The van der Waals surface area contributed by atoms with E-state index in [1.165, 1.54) is 18.5 Å². The van der Waals surface area contributed by atoms with Crippen molar-refractivity contribution in [3.8, 4) is 11.5 Å². The maximum absolute atomic E-state index is 13.2. The second kappa shape index (κ2) is 8.18. The van der Waals surface area contributed by atoms with Gasteiger partial charge in [-0.2, -0.15) is 5.10 Å². The molecule has 1 N–H and O–H groups in total. The third-order valence-corrected chi connectivity index (χ3v) is 4.60. The zero-order valence-corrected chi connectivity index (χ0v) is 15.2. The van der Waals surface area contributed by atoms with Crippen molar-refractivity contribution in [2.75, 3.05) is 25.0 Å². The van der Waals surface area contributed by atoms with Gasteiger partial charge in [0.1, 0.15) is 30.0 Å². The van der Waals surface area contributed by atoms with Crippen molar-refractivity contribution in [3.63, 3.8) is 0 Å². The zero-order chi connectivity index (χ0) is 19.3. The van der Waals surface area contributed by atoms with Gasteiger partial charge >= 0.3 is 0 Å². The number of aromatic nitrogens is 3. The van der Waals surface area contributed by atoms with Crippen molar-refractivity contribution in [2.24, 2.45) is 0 Å². The standard InChI is InChI=1S/C20H20FN5O2/c21-15-2-1-3-19(10-15)28-18-6-4-16(5-7-18)24-20(27)12-25-9-8-17(11-25)26-14-22-13-23-26/h1-7,10,13-14,17H,8-9,11-12H2,(H,24,27)/t17-/m0/s1. The van der Waals surface area contributed by atoms with E-state index in [1.54, 1.807) is 42.7 Å². The lowest BCUT2D eigenvalue weighted by molar-refractivity contribution is -0.117. The van der Waals surface area contributed by atoms with Gasteiger partial charge in [-0.3, -0.25) is 9.69 Å². The maximum Gasteiger partial charge on any atom is 0.238 e. The van der Waals surface area contributed by atoms with E-state index in [0.29, 0.717) is 23.7 Å². The molecule has 0 saturated carbocycles. The lowest BCUT2D eigenvalue weighted by Crippen LogP contribution is -2.31. The molecule has 28 heavy (non-hydrogen) atoms. The summed E-state index contributed by atoms with van der Waals surface area (Å²) in [6.45, 7) is 1.95. The molecule has 2 aromatic carbocycles. The summed E-state index contributed by atoms with van der Waals surface area (Å²) in [6.07, 6.45) is 4.18. The predicted molar refractivity (Wildman–Crippen MR) is 102 cm³/mol. The van der Waals surface area contributed by atoms with Gasteiger partial charge in [-0.05, 0) is 42.8 Å². The van der Waals surface area contributed by atoms with Crippen LogP contribution in [-0.4, -0.2) is 45.2 Å². The van der Waals surface area contributed by atoms with Gasteiger partial charge < -0.3 is 10.1 Å². The minimum atomic E-state index is -0.352. The summed E-state index contributed by atoms with van der Waals surface area (Å²) in [7, 11) is 0. The van der Waals surface area contributed by atoms with Crippen molar-refractivity contribution < 1.29 is 13.9 Å². The van der Waals surface area contributed by atoms with E-state index in [2.05, 4.69) is 20.3 Å². The van der Waals surface area contributed by atoms with Crippen LogP contribution in [0.2, 0.25) is 0 Å². The van der Waals surface area contributed by atoms with Crippen LogP contribution in [0.5, 0.6) is 11.5 Å². The van der Waals surface area contributed by atoms with Crippen LogP contribution >= 0.6 is 0 Å². The van der Waals surface area contributed by atoms with Crippen molar-refractivity contribution in [1.82, 2.24) is 19.7 Å². The minimum Gasteiger partial charge on any atom is -0.457 e. The largest absolute Gasteiger partial charge is 0.457 e. The molecule has 2 heterocycles. The lowest BCUT2D eigenvalue weighted by Gasteiger charge is -2.16. The monoisotopic (exact) mass is 381 g/mol. The van der Waals surface area contributed by atoms with Gasteiger partial charge in [0.2, 0.25) is 5.91 Å². The van der Waals surface area contributed by atoms with Crippen LogP contribution in [0.15, 0.2) is 61.2 Å². The van der Waals surface area contributed by atoms with Gasteiger partial charge in [-0.15, -0.1) is 0 Å². The highest BCUT2D eigenvalue weighted by Crippen LogP contribution is 2.24. The molecule has 1 atom stereocenters. The molecule has 1 amide bonds. The van der Waals surface area contributed by atoms with Crippen LogP contribution < -0.4 is 10.1 Å². The number of carbonyl (C=O) groups is 1. The molecule has 0 radical (unpaired) electrons. The fourth-order valence-corrected chi connectivity index (χ4v) is 3.25. The number of anilines is 1. The summed E-state index contributed by atoms with van der Waals surface area (Å²) < 4.78 is 20.7. The normalized spacial score (nSPS) is 16.8. The van der Waals surface area contributed by atoms with Crippen LogP contribution in [0.4, 0.5) is 10.1 Å². The van der Waals surface area contributed by atoms with Crippen molar-refractivity contribution >= 4 is 11.6 Å². The minimum absolute atomic E-state index is 0.0713. The summed E-state index contributed by atoms with van der Waals surface area (Å²) in [5.74, 6) is 0.568. The first-order chi connectivity index (χ1) is 13.7. The van der Waals surface area contributed by atoms with Crippen LogP contribution in [0.3, 0.4) is 0 Å². The summed E-state index contributed by atoms with van der Waals surface area (Å²) >= 11 is 0. The molecule has 4 rings (SSSR count). The zero-order valence-electron chi connectivity index (χ0n) is 15.2. The van der Waals surface area contributed by atoms with E-state index in [1.807, 2.05) is 4.68 Å². The fourth-order valence-electron chi connectivity index (χ4n) is 3.25. The average Bonchev–Trinajstić information content (AvgIpc) is 3.35. The molecule has 0 unspecified atom stereocenters. The second-order valence-corrected chi connectivity index (χ2v) is 6.69. The van der Waals surface area contributed by atoms with Crippen molar-refractivity contribution in [1.29, 1.82) is 0 Å². The molecular weight excluding hydrogens is 361 g/mol. The number of carbonyl (C=O) groups excluding carboxylic acids is 1. The van der Waals surface area contributed by atoms with Gasteiger partial charge in [0.05, 0.1) is 12.6 Å². The molecule has 1 aliphatic heterocycles. The van der Waals surface area contributed by atoms with Crippen LogP contribution in [0.25, 0.3) is 0 Å². The summed E-state index contributed by atoms with van der Waals surface area (Å²) in [4.78, 5) is 18.4. The van der Waals surface area contributed by atoms with Gasteiger partial charge in [-0.25, -0.2) is 14.1 Å². The van der Waals surface area contributed by atoms with Gasteiger partial charge in [0.25, 0.3) is 0 Å². The summed E-state index contributed by atoms with van der Waals surface area (Å²) in [6, 6.07) is 13.2. The van der Waals surface area contributed by atoms with Crippen LogP contribution in [0, 0.1) is 5.82 Å².